The number of aromatic nitrogens is 1. The Balaban J connectivity index is 1.54. The molecule has 21 heavy (non-hydrogen) atoms. The van der Waals surface area contributed by atoms with Crippen molar-refractivity contribution >= 4 is 22.9 Å². The summed E-state index contributed by atoms with van der Waals surface area (Å²) >= 11 is 7.80. The van der Waals surface area contributed by atoms with Gasteiger partial charge in [-0.15, -0.1) is 11.3 Å². The fraction of sp³-hybridized carbons (Fsp3) is 0.438. The fourth-order valence-electron chi connectivity index (χ4n) is 2.08. The summed E-state index contributed by atoms with van der Waals surface area (Å²) in [4.78, 5) is 4.59. The van der Waals surface area contributed by atoms with Crippen LogP contribution in [-0.4, -0.2) is 11.0 Å². The molecule has 0 radical (unpaired) electrons. The predicted molar refractivity (Wildman–Crippen MR) is 87.1 cm³/mol. The van der Waals surface area contributed by atoms with Gasteiger partial charge in [-0.1, -0.05) is 18.5 Å². The van der Waals surface area contributed by atoms with E-state index in [0.29, 0.717) is 6.61 Å². The second kappa shape index (κ2) is 6.77. The van der Waals surface area contributed by atoms with E-state index in [-0.39, 0.29) is 0 Å². The minimum atomic E-state index is 0.505. The van der Waals surface area contributed by atoms with Crippen molar-refractivity contribution in [3.8, 4) is 5.75 Å². The monoisotopic (exact) mass is 322 g/mol. The molecule has 5 heteroatoms. The molecule has 1 aliphatic carbocycles. The van der Waals surface area contributed by atoms with Crippen LogP contribution in [0.4, 0.5) is 0 Å². The molecule has 2 aromatic rings. The van der Waals surface area contributed by atoms with Crippen LogP contribution < -0.4 is 10.1 Å². The van der Waals surface area contributed by atoms with Crippen LogP contribution in [-0.2, 0) is 19.6 Å². The smallest absolute Gasteiger partial charge is 0.131 e. The molecule has 1 saturated carbocycles. The van der Waals surface area contributed by atoms with Crippen molar-refractivity contribution in [1.29, 1.82) is 0 Å². The van der Waals surface area contributed by atoms with Gasteiger partial charge in [0.2, 0.25) is 0 Å². The minimum absolute atomic E-state index is 0.505. The van der Waals surface area contributed by atoms with Crippen LogP contribution in [0.15, 0.2) is 23.6 Å². The molecule has 112 valence electrons. The molecule has 0 atom stereocenters. The number of nitrogens with zero attached hydrogens (tertiary/aromatic N) is 1. The Kier molecular flexibility index (Phi) is 4.78. The Bertz CT molecular complexity index is 610. The van der Waals surface area contributed by atoms with E-state index in [9.17, 15) is 0 Å². The van der Waals surface area contributed by atoms with Gasteiger partial charge in [0.15, 0.2) is 0 Å². The maximum atomic E-state index is 6.11. The first-order valence-electron chi connectivity index (χ1n) is 7.32. The van der Waals surface area contributed by atoms with Gasteiger partial charge in [0, 0.05) is 23.0 Å². The highest BCUT2D eigenvalue weighted by molar-refractivity contribution is 7.09. The summed E-state index contributed by atoms with van der Waals surface area (Å²) < 4.78 is 5.81. The van der Waals surface area contributed by atoms with Crippen LogP contribution in [0.1, 0.15) is 36.0 Å². The van der Waals surface area contributed by atoms with Gasteiger partial charge in [-0.2, -0.15) is 0 Å². The zero-order valence-corrected chi connectivity index (χ0v) is 13.6. The van der Waals surface area contributed by atoms with Crippen LogP contribution in [0.3, 0.4) is 0 Å². The van der Waals surface area contributed by atoms with E-state index < -0.39 is 0 Å². The molecule has 0 saturated heterocycles. The zero-order valence-electron chi connectivity index (χ0n) is 12.1. The number of ether oxygens (including phenoxy) is 1. The van der Waals surface area contributed by atoms with Gasteiger partial charge in [0.05, 0.1) is 5.69 Å². The van der Waals surface area contributed by atoms with E-state index in [2.05, 4.69) is 22.6 Å². The molecule has 0 bridgehead atoms. The summed E-state index contributed by atoms with van der Waals surface area (Å²) in [5.74, 6) is 0.849. The number of nitrogens with one attached hydrogen (secondary N) is 1. The normalized spacial score (nSPS) is 14.4. The highest BCUT2D eigenvalue weighted by Gasteiger charge is 2.20. The molecule has 3 rings (SSSR count). The van der Waals surface area contributed by atoms with Gasteiger partial charge >= 0.3 is 0 Å². The van der Waals surface area contributed by atoms with Gasteiger partial charge < -0.3 is 10.1 Å². The lowest BCUT2D eigenvalue weighted by Gasteiger charge is -2.07. The molecule has 0 aliphatic heterocycles. The number of thiazole rings is 1. The van der Waals surface area contributed by atoms with E-state index >= 15 is 0 Å². The van der Waals surface area contributed by atoms with Crippen molar-refractivity contribution in [2.75, 3.05) is 0 Å². The molecule has 1 aromatic heterocycles. The average molecular weight is 323 g/mol. The van der Waals surface area contributed by atoms with Gasteiger partial charge in [0.1, 0.15) is 17.4 Å². The quantitative estimate of drug-likeness (QED) is 0.830. The van der Waals surface area contributed by atoms with Gasteiger partial charge in [0.25, 0.3) is 0 Å². The van der Waals surface area contributed by atoms with Gasteiger partial charge in [-0.3, -0.25) is 0 Å². The molecule has 0 amide bonds. The van der Waals surface area contributed by atoms with Crippen molar-refractivity contribution in [1.82, 2.24) is 10.3 Å². The third-order valence-electron chi connectivity index (χ3n) is 3.50. The zero-order chi connectivity index (χ0) is 14.7. The van der Waals surface area contributed by atoms with E-state index in [4.69, 9.17) is 16.3 Å². The van der Waals surface area contributed by atoms with Gasteiger partial charge in [-0.25, -0.2) is 4.98 Å². The average Bonchev–Trinajstić information content (AvgIpc) is 3.22. The van der Waals surface area contributed by atoms with Gasteiger partial charge in [-0.05, 0) is 43.0 Å². The molecule has 1 aliphatic rings. The summed E-state index contributed by atoms with van der Waals surface area (Å²) in [6.07, 6.45) is 3.51. The first kappa shape index (κ1) is 14.8. The summed E-state index contributed by atoms with van der Waals surface area (Å²) in [6.45, 7) is 3.46. The standard InChI is InChI=1S/C16H19ClN2OS/c1-2-11-7-14(5-6-15(11)17)20-9-13-10-21-16(19-13)8-18-12-3-4-12/h5-7,10,12,18H,2-4,8-9H2,1H3. The molecule has 3 nitrogen and oxygen atoms in total. The molecule has 0 spiro atoms. The maximum absolute atomic E-state index is 6.11. The second-order valence-electron chi connectivity index (χ2n) is 5.28. The van der Waals surface area contributed by atoms with E-state index in [1.54, 1.807) is 11.3 Å². The lowest BCUT2D eigenvalue weighted by molar-refractivity contribution is 0.301. The summed E-state index contributed by atoms with van der Waals surface area (Å²) in [7, 11) is 0. The first-order valence-corrected chi connectivity index (χ1v) is 8.58. The van der Waals surface area contributed by atoms with E-state index in [1.165, 1.54) is 12.8 Å². The maximum Gasteiger partial charge on any atom is 0.131 e. The predicted octanol–water partition coefficient (Wildman–Crippen LogP) is 4.19. The van der Waals surface area contributed by atoms with Crippen molar-refractivity contribution in [3.05, 3.63) is 44.9 Å². The number of benzene rings is 1. The number of hydrogen-bond acceptors (Lipinski definition) is 4. The topological polar surface area (TPSA) is 34.1 Å². The Morgan fingerprint density at radius 3 is 3.05 bits per heavy atom. The Hall–Kier alpha value is -1.10. The SMILES string of the molecule is CCc1cc(OCc2csc(CNC3CC3)n2)ccc1Cl. The van der Waals surface area contributed by atoms with Crippen LogP contribution in [0.5, 0.6) is 5.75 Å². The van der Waals surface area contributed by atoms with Crippen LogP contribution >= 0.6 is 22.9 Å². The largest absolute Gasteiger partial charge is 0.487 e. The summed E-state index contributed by atoms with van der Waals surface area (Å²) in [5, 5.41) is 7.47. The molecule has 1 N–H and O–H groups in total. The molecule has 1 aromatic carbocycles. The highest BCUT2D eigenvalue weighted by atomic mass is 35.5. The van der Waals surface area contributed by atoms with Crippen LogP contribution in [0.25, 0.3) is 0 Å². The third kappa shape index (κ3) is 4.19. The van der Waals surface area contributed by atoms with Crippen molar-refractivity contribution in [2.45, 2.75) is 45.4 Å². The van der Waals surface area contributed by atoms with Crippen LogP contribution in [0.2, 0.25) is 5.02 Å². The molecule has 1 fully saturated rings. The number of hydrogen-bond donors (Lipinski definition) is 1. The molecule has 1 heterocycles. The number of halogens is 1. The lowest BCUT2D eigenvalue weighted by Crippen LogP contribution is -2.15. The molecule has 0 unspecified atom stereocenters. The van der Waals surface area contributed by atoms with E-state index in [1.807, 2.05) is 18.2 Å². The molecular weight excluding hydrogens is 304 g/mol. The van der Waals surface area contributed by atoms with Crippen molar-refractivity contribution in [2.24, 2.45) is 0 Å². The highest BCUT2D eigenvalue weighted by Crippen LogP contribution is 2.24. The van der Waals surface area contributed by atoms with Crippen molar-refractivity contribution in [3.63, 3.8) is 0 Å². The minimum Gasteiger partial charge on any atom is -0.487 e. The molecular formula is C16H19ClN2OS. The Morgan fingerprint density at radius 1 is 1.43 bits per heavy atom. The number of aryl methyl sites for hydroxylation is 1. The number of rotatable bonds is 7. The third-order valence-corrected chi connectivity index (χ3v) is 4.77. The first-order chi connectivity index (χ1) is 10.2. The summed E-state index contributed by atoms with van der Waals surface area (Å²) in [6, 6.07) is 6.52. The Morgan fingerprint density at radius 2 is 2.29 bits per heavy atom. The van der Waals surface area contributed by atoms with E-state index in [0.717, 1.165) is 46.0 Å². The lowest BCUT2D eigenvalue weighted by atomic mass is 10.1. The van der Waals surface area contributed by atoms with Crippen molar-refractivity contribution < 1.29 is 4.74 Å². The Labute approximate surface area is 134 Å². The summed E-state index contributed by atoms with van der Waals surface area (Å²) in [5.41, 5.74) is 2.10. The second-order valence-corrected chi connectivity index (χ2v) is 6.63. The fourth-order valence-corrected chi connectivity index (χ4v) is 3.07. The van der Waals surface area contributed by atoms with Crippen LogP contribution in [0, 0.1) is 0 Å².